The van der Waals surface area contributed by atoms with E-state index in [2.05, 4.69) is 18.7 Å². The summed E-state index contributed by atoms with van der Waals surface area (Å²) in [4.78, 5) is 2.59. The zero-order valence-corrected chi connectivity index (χ0v) is 12.7. The fourth-order valence-electron chi connectivity index (χ4n) is 2.52. The van der Waals surface area contributed by atoms with E-state index in [-0.39, 0.29) is 11.9 Å². The molecular formula is C17H27FN2. The van der Waals surface area contributed by atoms with Crippen LogP contribution in [-0.2, 0) is 0 Å². The summed E-state index contributed by atoms with van der Waals surface area (Å²) in [5.74, 6) is 0.555. The molecule has 0 radical (unpaired) electrons. The van der Waals surface area contributed by atoms with Crippen molar-refractivity contribution in [1.82, 2.24) is 4.90 Å². The van der Waals surface area contributed by atoms with Crippen molar-refractivity contribution in [3.63, 3.8) is 0 Å². The zero-order valence-electron chi connectivity index (χ0n) is 12.7. The molecule has 20 heavy (non-hydrogen) atoms. The minimum Gasteiger partial charge on any atom is -0.324 e. The Labute approximate surface area is 122 Å². The van der Waals surface area contributed by atoms with Gasteiger partial charge in [0.05, 0.1) is 0 Å². The highest BCUT2D eigenvalue weighted by Crippen LogP contribution is 2.28. The van der Waals surface area contributed by atoms with Gasteiger partial charge in [0, 0.05) is 18.6 Å². The lowest BCUT2D eigenvalue weighted by atomic mass is 10.0. The van der Waals surface area contributed by atoms with E-state index in [1.807, 2.05) is 0 Å². The fraction of sp³-hybridized carbons (Fsp3) is 0.647. The second kappa shape index (κ2) is 7.19. The van der Waals surface area contributed by atoms with Gasteiger partial charge in [-0.15, -0.1) is 0 Å². The number of hydrogen-bond donors (Lipinski definition) is 1. The van der Waals surface area contributed by atoms with Gasteiger partial charge in [0.1, 0.15) is 5.82 Å². The van der Waals surface area contributed by atoms with Gasteiger partial charge >= 0.3 is 0 Å². The number of hydrogen-bond acceptors (Lipinski definition) is 2. The van der Waals surface area contributed by atoms with Crippen LogP contribution in [0.2, 0.25) is 0 Å². The van der Waals surface area contributed by atoms with E-state index in [0.29, 0.717) is 0 Å². The van der Waals surface area contributed by atoms with Crippen molar-refractivity contribution >= 4 is 0 Å². The summed E-state index contributed by atoms with van der Waals surface area (Å²) >= 11 is 0. The van der Waals surface area contributed by atoms with Crippen molar-refractivity contribution in [2.75, 3.05) is 13.1 Å². The number of halogens is 1. The van der Waals surface area contributed by atoms with Gasteiger partial charge in [-0.25, -0.2) is 4.39 Å². The van der Waals surface area contributed by atoms with Crippen LogP contribution in [0.4, 0.5) is 4.39 Å². The van der Waals surface area contributed by atoms with Gasteiger partial charge in [-0.1, -0.05) is 26.0 Å². The molecule has 1 saturated carbocycles. The van der Waals surface area contributed by atoms with E-state index in [1.165, 1.54) is 37.9 Å². The molecule has 1 aromatic carbocycles. The van der Waals surface area contributed by atoms with Crippen LogP contribution in [-0.4, -0.2) is 24.0 Å². The predicted octanol–water partition coefficient (Wildman–Crippen LogP) is 3.73. The van der Waals surface area contributed by atoms with Gasteiger partial charge < -0.3 is 10.6 Å². The lowest BCUT2D eigenvalue weighted by Crippen LogP contribution is -2.31. The second-order valence-electron chi connectivity index (χ2n) is 6.40. The summed E-state index contributed by atoms with van der Waals surface area (Å²) in [6.07, 6.45) is 4.87. The summed E-state index contributed by atoms with van der Waals surface area (Å²) in [5.41, 5.74) is 7.25. The van der Waals surface area contributed by atoms with Crippen molar-refractivity contribution in [1.29, 1.82) is 0 Å². The van der Waals surface area contributed by atoms with Gasteiger partial charge in [-0.2, -0.15) is 0 Å². The molecule has 0 aromatic heterocycles. The zero-order chi connectivity index (χ0) is 14.5. The highest BCUT2D eigenvalue weighted by Gasteiger charge is 2.28. The average molecular weight is 278 g/mol. The first-order valence-electron chi connectivity index (χ1n) is 7.81. The molecule has 0 amide bonds. The second-order valence-corrected chi connectivity index (χ2v) is 6.40. The largest absolute Gasteiger partial charge is 0.324 e. The molecule has 0 spiro atoms. The first-order valence-corrected chi connectivity index (χ1v) is 7.81. The molecule has 0 heterocycles. The van der Waals surface area contributed by atoms with E-state index < -0.39 is 0 Å². The molecule has 1 aliphatic carbocycles. The Morgan fingerprint density at radius 1 is 1.15 bits per heavy atom. The van der Waals surface area contributed by atoms with Crippen molar-refractivity contribution in [2.24, 2.45) is 11.7 Å². The first kappa shape index (κ1) is 15.5. The minimum atomic E-state index is -0.197. The highest BCUT2D eigenvalue weighted by molar-refractivity contribution is 5.19. The Bertz CT molecular complexity index is 398. The van der Waals surface area contributed by atoms with Crippen LogP contribution in [0.15, 0.2) is 24.3 Å². The predicted molar refractivity (Wildman–Crippen MR) is 82.0 cm³/mol. The maximum Gasteiger partial charge on any atom is 0.123 e. The molecule has 0 saturated heterocycles. The SMILES string of the molecule is CC(C)CCN(CCC(N)c1ccc(F)cc1)C1CC1. The Kier molecular flexibility index (Phi) is 5.55. The minimum absolute atomic E-state index is 0.0101. The third-order valence-electron chi connectivity index (χ3n) is 4.08. The van der Waals surface area contributed by atoms with Crippen LogP contribution in [0.25, 0.3) is 0 Å². The number of nitrogens with two attached hydrogens (primary N) is 1. The van der Waals surface area contributed by atoms with Gasteiger partial charge in [-0.05, 0) is 55.8 Å². The normalized spacial score (nSPS) is 16.9. The van der Waals surface area contributed by atoms with Crippen LogP contribution >= 0.6 is 0 Å². The Morgan fingerprint density at radius 3 is 2.30 bits per heavy atom. The van der Waals surface area contributed by atoms with Crippen LogP contribution in [0.1, 0.15) is 51.1 Å². The van der Waals surface area contributed by atoms with Crippen LogP contribution in [0, 0.1) is 11.7 Å². The topological polar surface area (TPSA) is 29.3 Å². The lowest BCUT2D eigenvalue weighted by molar-refractivity contribution is 0.239. The summed E-state index contributed by atoms with van der Waals surface area (Å²) in [5, 5.41) is 0. The summed E-state index contributed by atoms with van der Waals surface area (Å²) in [6, 6.07) is 7.38. The van der Waals surface area contributed by atoms with Crippen molar-refractivity contribution in [3.05, 3.63) is 35.6 Å². The molecule has 1 aromatic rings. The van der Waals surface area contributed by atoms with Crippen LogP contribution < -0.4 is 5.73 Å². The maximum atomic E-state index is 12.9. The van der Waals surface area contributed by atoms with Crippen molar-refractivity contribution in [2.45, 2.75) is 51.6 Å². The molecule has 3 heteroatoms. The quantitative estimate of drug-likeness (QED) is 0.785. The van der Waals surface area contributed by atoms with Crippen molar-refractivity contribution < 1.29 is 4.39 Å². The van der Waals surface area contributed by atoms with Gasteiger partial charge in [-0.3, -0.25) is 0 Å². The average Bonchev–Trinajstić information content (AvgIpc) is 3.23. The molecule has 2 nitrogen and oxygen atoms in total. The third kappa shape index (κ3) is 4.88. The monoisotopic (exact) mass is 278 g/mol. The Morgan fingerprint density at radius 2 is 1.75 bits per heavy atom. The van der Waals surface area contributed by atoms with Gasteiger partial charge in [0.15, 0.2) is 0 Å². The van der Waals surface area contributed by atoms with E-state index in [0.717, 1.165) is 30.5 Å². The molecule has 2 N–H and O–H groups in total. The van der Waals surface area contributed by atoms with Crippen LogP contribution in [0.5, 0.6) is 0 Å². The molecule has 1 fully saturated rings. The number of benzene rings is 1. The molecule has 0 aliphatic heterocycles. The number of rotatable bonds is 8. The smallest absolute Gasteiger partial charge is 0.123 e. The van der Waals surface area contributed by atoms with E-state index >= 15 is 0 Å². The summed E-state index contributed by atoms with van der Waals surface area (Å²) in [6.45, 7) is 6.78. The molecular weight excluding hydrogens is 251 g/mol. The summed E-state index contributed by atoms with van der Waals surface area (Å²) < 4.78 is 12.9. The molecule has 2 rings (SSSR count). The van der Waals surface area contributed by atoms with Crippen molar-refractivity contribution in [3.8, 4) is 0 Å². The molecule has 1 aliphatic rings. The highest BCUT2D eigenvalue weighted by atomic mass is 19.1. The van der Waals surface area contributed by atoms with Gasteiger partial charge in [0.25, 0.3) is 0 Å². The van der Waals surface area contributed by atoms with E-state index in [1.54, 1.807) is 12.1 Å². The Balaban J connectivity index is 1.80. The van der Waals surface area contributed by atoms with Crippen LogP contribution in [0.3, 0.4) is 0 Å². The van der Waals surface area contributed by atoms with Gasteiger partial charge in [0.2, 0.25) is 0 Å². The summed E-state index contributed by atoms with van der Waals surface area (Å²) in [7, 11) is 0. The van der Waals surface area contributed by atoms with E-state index in [4.69, 9.17) is 5.73 Å². The molecule has 112 valence electrons. The number of nitrogens with zero attached hydrogens (tertiary/aromatic N) is 1. The molecule has 1 unspecified atom stereocenters. The maximum absolute atomic E-state index is 12.9. The first-order chi connectivity index (χ1) is 9.56. The lowest BCUT2D eigenvalue weighted by Gasteiger charge is -2.24. The Hall–Kier alpha value is -0.930. The standard InChI is InChI=1S/C17H27FN2/c1-13(2)9-11-20(16-7-8-16)12-10-17(19)14-3-5-15(18)6-4-14/h3-6,13,16-17H,7-12,19H2,1-2H3. The fourth-order valence-corrected chi connectivity index (χ4v) is 2.52. The molecule has 0 bridgehead atoms. The molecule has 1 atom stereocenters. The third-order valence-corrected chi connectivity index (χ3v) is 4.08. The van der Waals surface area contributed by atoms with E-state index in [9.17, 15) is 4.39 Å².